The van der Waals surface area contributed by atoms with Crippen LogP contribution in [-0.4, -0.2) is 18.6 Å². The first kappa shape index (κ1) is 14.4. The number of hydrogen-bond acceptors (Lipinski definition) is 5. The van der Waals surface area contributed by atoms with E-state index in [-0.39, 0.29) is 11.0 Å². The first-order valence-electron chi connectivity index (χ1n) is 5.07. The van der Waals surface area contributed by atoms with Crippen molar-refractivity contribution in [3.05, 3.63) is 41.1 Å². The standard InChI is InChI=1S/C10H7ClF2N4O2S/c11-7-3-4-8(16-15-7)17-20(18,19)6-2-1-5(12)10(14)9(6)13/h1-4H,14H2,(H,16,17). The lowest BCUT2D eigenvalue weighted by molar-refractivity contribution is 0.557. The average molecular weight is 321 g/mol. The molecule has 1 aromatic carbocycles. The molecule has 3 N–H and O–H groups in total. The van der Waals surface area contributed by atoms with Crippen LogP contribution < -0.4 is 10.5 Å². The Balaban J connectivity index is 2.41. The second kappa shape index (κ2) is 5.17. The zero-order chi connectivity index (χ0) is 14.9. The highest BCUT2D eigenvalue weighted by Crippen LogP contribution is 2.24. The highest BCUT2D eigenvalue weighted by Gasteiger charge is 2.23. The molecule has 2 aromatic rings. The molecule has 0 radical (unpaired) electrons. The van der Waals surface area contributed by atoms with Crippen molar-refractivity contribution >= 4 is 33.1 Å². The third-order valence-corrected chi connectivity index (χ3v) is 3.83. The summed E-state index contributed by atoms with van der Waals surface area (Å²) >= 11 is 5.49. The Morgan fingerprint density at radius 3 is 2.45 bits per heavy atom. The van der Waals surface area contributed by atoms with E-state index in [2.05, 4.69) is 10.2 Å². The summed E-state index contributed by atoms with van der Waals surface area (Å²) in [5.41, 5.74) is 4.23. The van der Waals surface area contributed by atoms with Crippen molar-refractivity contribution in [1.29, 1.82) is 0 Å². The van der Waals surface area contributed by atoms with E-state index in [4.69, 9.17) is 17.3 Å². The molecule has 0 aliphatic rings. The van der Waals surface area contributed by atoms with Gasteiger partial charge in [0.25, 0.3) is 10.0 Å². The molecule has 0 saturated heterocycles. The van der Waals surface area contributed by atoms with Crippen LogP contribution in [0.2, 0.25) is 5.15 Å². The normalized spacial score (nSPS) is 11.3. The van der Waals surface area contributed by atoms with E-state index >= 15 is 0 Å². The maximum Gasteiger partial charge on any atom is 0.266 e. The molecule has 10 heteroatoms. The monoisotopic (exact) mass is 320 g/mol. The topological polar surface area (TPSA) is 98.0 Å². The van der Waals surface area contributed by atoms with E-state index in [0.717, 1.165) is 12.1 Å². The maximum atomic E-state index is 13.7. The van der Waals surface area contributed by atoms with Gasteiger partial charge in [0.1, 0.15) is 16.4 Å². The highest BCUT2D eigenvalue weighted by molar-refractivity contribution is 7.92. The van der Waals surface area contributed by atoms with Crippen LogP contribution in [0.15, 0.2) is 29.2 Å². The second-order valence-corrected chi connectivity index (χ2v) is 5.66. The quantitative estimate of drug-likeness (QED) is 0.840. The summed E-state index contributed by atoms with van der Waals surface area (Å²) in [4.78, 5) is -0.798. The molecule has 0 saturated carbocycles. The summed E-state index contributed by atoms with van der Waals surface area (Å²) in [6, 6.07) is 4.03. The van der Waals surface area contributed by atoms with Crippen LogP contribution in [0, 0.1) is 11.6 Å². The Hall–Kier alpha value is -2.00. The lowest BCUT2D eigenvalue weighted by Gasteiger charge is -2.09. The third-order valence-electron chi connectivity index (χ3n) is 2.25. The third kappa shape index (κ3) is 2.78. The number of rotatable bonds is 3. The van der Waals surface area contributed by atoms with Crippen molar-refractivity contribution in [2.24, 2.45) is 0 Å². The number of sulfonamides is 1. The molecule has 1 aromatic heterocycles. The zero-order valence-corrected chi connectivity index (χ0v) is 11.2. The van der Waals surface area contributed by atoms with Gasteiger partial charge >= 0.3 is 0 Å². The molecule has 20 heavy (non-hydrogen) atoms. The first-order chi connectivity index (χ1) is 9.31. The van der Waals surface area contributed by atoms with Gasteiger partial charge in [-0.25, -0.2) is 17.2 Å². The minimum atomic E-state index is -4.31. The smallest absolute Gasteiger partial charge is 0.266 e. The number of hydrogen-bond donors (Lipinski definition) is 2. The molecular weight excluding hydrogens is 314 g/mol. The molecule has 106 valence electrons. The molecule has 0 atom stereocenters. The van der Waals surface area contributed by atoms with Crippen molar-refractivity contribution < 1.29 is 17.2 Å². The average Bonchev–Trinajstić information content (AvgIpc) is 2.38. The van der Waals surface area contributed by atoms with Gasteiger partial charge in [-0.3, -0.25) is 4.72 Å². The largest absolute Gasteiger partial charge is 0.394 e. The van der Waals surface area contributed by atoms with Crippen molar-refractivity contribution in [3.8, 4) is 0 Å². The van der Waals surface area contributed by atoms with Crippen LogP contribution in [0.4, 0.5) is 20.3 Å². The summed E-state index contributed by atoms with van der Waals surface area (Å²) in [5, 5.41) is 6.94. The van der Waals surface area contributed by atoms with E-state index in [0.29, 0.717) is 0 Å². The summed E-state index contributed by atoms with van der Waals surface area (Å²) in [6.07, 6.45) is 0. The van der Waals surface area contributed by atoms with Crippen LogP contribution in [0.25, 0.3) is 0 Å². The molecule has 0 spiro atoms. The number of nitrogens with two attached hydrogens (primary N) is 1. The van der Waals surface area contributed by atoms with Gasteiger partial charge in [-0.1, -0.05) is 11.6 Å². The van der Waals surface area contributed by atoms with E-state index in [1.807, 2.05) is 4.72 Å². The Morgan fingerprint density at radius 1 is 1.15 bits per heavy atom. The first-order valence-corrected chi connectivity index (χ1v) is 6.93. The van der Waals surface area contributed by atoms with Crippen LogP contribution in [0.1, 0.15) is 0 Å². The van der Waals surface area contributed by atoms with Crippen molar-refractivity contribution in [1.82, 2.24) is 10.2 Å². The predicted molar refractivity (Wildman–Crippen MR) is 68.6 cm³/mol. The van der Waals surface area contributed by atoms with Crippen molar-refractivity contribution in [2.75, 3.05) is 10.5 Å². The number of benzene rings is 1. The molecular formula is C10H7ClF2N4O2S. The number of halogens is 3. The maximum absolute atomic E-state index is 13.7. The SMILES string of the molecule is Nc1c(F)ccc(S(=O)(=O)Nc2ccc(Cl)nn2)c1F. The molecule has 6 nitrogen and oxygen atoms in total. The summed E-state index contributed by atoms with van der Waals surface area (Å²) in [5.74, 6) is -2.59. The fourth-order valence-corrected chi connectivity index (χ4v) is 2.51. The summed E-state index contributed by atoms with van der Waals surface area (Å²) in [6.45, 7) is 0. The van der Waals surface area contributed by atoms with Crippen LogP contribution in [0.5, 0.6) is 0 Å². The fourth-order valence-electron chi connectivity index (χ4n) is 1.32. The van der Waals surface area contributed by atoms with E-state index in [1.54, 1.807) is 0 Å². The number of nitrogens with zero attached hydrogens (tertiary/aromatic N) is 2. The molecule has 2 rings (SSSR count). The lowest BCUT2D eigenvalue weighted by atomic mass is 10.3. The van der Waals surface area contributed by atoms with Gasteiger partial charge in [-0.15, -0.1) is 10.2 Å². The molecule has 1 heterocycles. The fraction of sp³-hybridized carbons (Fsp3) is 0. The molecule has 0 bridgehead atoms. The lowest BCUT2D eigenvalue weighted by Crippen LogP contribution is -2.17. The van der Waals surface area contributed by atoms with Gasteiger partial charge < -0.3 is 5.73 Å². The van der Waals surface area contributed by atoms with Crippen molar-refractivity contribution in [2.45, 2.75) is 4.90 Å². The Labute approximate surface area is 117 Å². The second-order valence-electron chi connectivity index (χ2n) is 3.62. The van der Waals surface area contributed by atoms with Gasteiger partial charge in [0, 0.05) is 0 Å². The summed E-state index contributed by atoms with van der Waals surface area (Å²) < 4.78 is 52.5. The van der Waals surface area contributed by atoms with Crippen molar-refractivity contribution in [3.63, 3.8) is 0 Å². The van der Waals surface area contributed by atoms with Crippen LogP contribution in [0.3, 0.4) is 0 Å². The predicted octanol–water partition coefficient (Wildman–Crippen LogP) is 1.79. The molecule has 0 aliphatic carbocycles. The van der Waals surface area contributed by atoms with Gasteiger partial charge in [0.05, 0.1) is 0 Å². The van der Waals surface area contributed by atoms with Gasteiger partial charge in [-0.2, -0.15) is 0 Å². The van der Waals surface area contributed by atoms with Gasteiger partial charge in [-0.05, 0) is 24.3 Å². The van der Waals surface area contributed by atoms with Crippen LogP contribution in [-0.2, 0) is 10.0 Å². The number of nitrogens with one attached hydrogen (secondary N) is 1. The van der Waals surface area contributed by atoms with Crippen LogP contribution >= 0.6 is 11.6 Å². The van der Waals surface area contributed by atoms with Gasteiger partial charge in [0.2, 0.25) is 0 Å². The van der Waals surface area contributed by atoms with E-state index in [9.17, 15) is 17.2 Å². The van der Waals surface area contributed by atoms with E-state index < -0.39 is 32.2 Å². The van der Waals surface area contributed by atoms with E-state index in [1.165, 1.54) is 12.1 Å². The molecule has 0 fully saturated rings. The zero-order valence-electron chi connectivity index (χ0n) is 9.64. The molecule has 0 amide bonds. The highest BCUT2D eigenvalue weighted by atomic mass is 35.5. The minimum Gasteiger partial charge on any atom is -0.394 e. The molecule has 0 unspecified atom stereocenters. The number of anilines is 2. The molecule has 0 aliphatic heterocycles. The Bertz CT molecular complexity index is 753. The number of nitrogen functional groups attached to an aromatic ring is 1. The Kier molecular flexibility index (Phi) is 3.73. The minimum absolute atomic E-state index is 0.0603. The van der Waals surface area contributed by atoms with Gasteiger partial charge in [0.15, 0.2) is 16.8 Å². The number of aromatic nitrogens is 2. The summed E-state index contributed by atoms with van der Waals surface area (Å²) in [7, 11) is -4.31. The Morgan fingerprint density at radius 2 is 1.85 bits per heavy atom.